The van der Waals surface area contributed by atoms with Crippen molar-refractivity contribution in [1.29, 1.82) is 5.26 Å². The molecule has 0 spiro atoms. The van der Waals surface area contributed by atoms with Crippen molar-refractivity contribution >= 4 is 18.1 Å². The van der Waals surface area contributed by atoms with Crippen LogP contribution in [0.15, 0.2) is 36.7 Å². The molecule has 1 fully saturated rings. The highest BCUT2D eigenvalue weighted by atomic mass is 35.5. The number of hydrogen-bond acceptors (Lipinski definition) is 7. The summed E-state index contributed by atoms with van der Waals surface area (Å²) in [4.78, 5) is 8.58. The molecule has 0 aliphatic carbocycles. The molecule has 194 valence electrons. The molecule has 0 unspecified atom stereocenters. The van der Waals surface area contributed by atoms with Crippen molar-refractivity contribution in [1.82, 2.24) is 29.5 Å². The van der Waals surface area contributed by atoms with Gasteiger partial charge in [-0.25, -0.2) is 9.37 Å². The molecule has 1 atom stereocenters. The summed E-state index contributed by atoms with van der Waals surface area (Å²) in [6.07, 6.45) is 4.55. The second-order valence-corrected chi connectivity index (χ2v) is 9.00. The lowest BCUT2D eigenvalue weighted by Crippen LogP contribution is -2.30. The van der Waals surface area contributed by atoms with Crippen LogP contribution < -0.4 is 10.1 Å². The van der Waals surface area contributed by atoms with Gasteiger partial charge in [0.15, 0.2) is 0 Å². The number of aromatic nitrogens is 5. The maximum Gasteiger partial charge on any atom is 0.201 e. The second-order valence-electron chi connectivity index (χ2n) is 9.00. The lowest BCUT2D eigenvalue weighted by atomic mass is 10.0. The Morgan fingerprint density at radius 1 is 1.24 bits per heavy atom. The van der Waals surface area contributed by atoms with Gasteiger partial charge in [-0.3, -0.25) is 14.1 Å². The number of nitrogens with zero attached hydrogens (tertiary/aromatic N) is 6. The van der Waals surface area contributed by atoms with Gasteiger partial charge in [0.2, 0.25) is 5.88 Å². The fraction of sp³-hybridized carbons (Fsp3) is 0.385. The molecule has 0 bridgehead atoms. The van der Waals surface area contributed by atoms with Crippen molar-refractivity contribution in [2.45, 2.75) is 45.3 Å². The number of imidazole rings is 1. The average Bonchev–Trinajstić information content (AvgIpc) is 3.45. The lowest BCUT2D eigenvalue weighted by Gasteiger charge is -2.24. The summed E-state index contributed by atoms with van der Waals surface area (Å²) >= 11 is 0. The number of rotatable bonds is 7. The number of piperidine rings is 1. The molecule has 4 aromatic rings. The Morgan fingerprint density at radius 3 is 2.70 bits per heavy atom. The van der Waals surface area contributed by atoms with E-state index in [4.69, 9.17) is 9.84 Å². The van der Waals surface area contributed by atoms with Crippen molar-refractivity contribution in [2.75, 3.05) is 19.7 Å². The van der Waals surface area contributed by atoms with E-state index in [2.05, 4.69) is 26.0 Å². The summed E-state index contributed by atoms with van der Waals surface area (Å²) in [6.45, 7) is 5.74. The van der Waals surface area contributed by atoms with Crippen molar-refractivity contribution in [3.63, 3.8) is 0 Å². The highest BCUT2D eigenvalue weighted by molar-refractivity contribution is 5.85. The van der Waals surface area contributed by atoms with Crippen molar-refractivity contribution in [3.05, 3.63) is 65.3 Å². The third-order valence-corrected chi connectivity index (χ3v) is 6.67. The van der Waals surface area contributed by atoms with E-state index in [1.807, 2.05) is 26.0 Å². The van der Waals surface area contributed by atoms with Crippen LogP contribution in [0.5, 0.6) is 5.88 Å². The number of nitriles is 1. The minimum Gasteiger partial charge on any atom is -0.469 e. The van der Waals surface area contributed by atoms with Crippen LogP contribution in [0.3, 0.4) is 0 Å². The van der Waals surface area contributed by atoms with Gasteiger partial charge in [-0.2, -0.15) is 10.4 Å². The van der Waals surface area contributed by atoms with E-state index in [9.17, 15) is 14.8 Å². The molecule has 0 radical (unpaired) electrons. The third-order valence-electron chi connectivity index (χ3n) is 6.67. The van der Waals surface area contributed by atoms with Gasteiger partial charge >= 0.3 is 0 Å². The average molecular weight is 526 g/mol. The van der Waals surface area contributed by atoms with Gasteiger partial charge in [-0.15, -0.1) is 12.4 Å². The van der Waals surface area contributed by atoms with Crippen LogP contribution in [0.2, 0.25) is 0 Å². The quantitative estimate of drug-likeness (QED) is 0.376. The van der Waals surface area contributed by atoms with Crippen LogP contribution in [-0.4, -0.2) is 49.0 Å². The number of hydrogen-bond donors (Lipinski definition) is 2. The highest BCUT2D eigenvalue weighted by Crippen LogP contribution is 2.35. The SMILES string of the molecule is Cc1c(-c2cc(O[C@H](C)c3ccc(F)cn3)n3c(C#N)cnc3c2)c(CCO)nn1C1CCNCC1.Cl. The zero-order valence-corrected chi connectivity index (χ0v) is 21.5. The van der Waals surface area contributed by atoms with Gasteiger partial charge in [0.1, 0.15) is 29.3 Å². The summed E-state index contributed by atoms with van der Waals surface area (Å²) in [5.41, 5.74) is 5.05. The van der Waals surface area contributed by atoms with Crippen molar-refractivity contribution in [3.8, 4) is 23.1 Å². The maximum atomic E-state index is 13.4. The Hall–Kier alpha value is -3.52. The first-order valence-corrected chi connectivity index (χ1v) is 12.1. The molecule has 2 N–H and O–H groups in total. The summed E-state index contributed by atoms with van der Waals surface area (Å²) in [5, 5.41) is 27.7. The fourth-order valence-electron chi connectivity index (χ4n) is 4.90. The molecule has 1 saturated heterocycles. The molecule has 5 heterocycles. The molecule has 9 nitrogen and oxygen atoms in total. The molecule has 4 aromatic heterocycles. The van der Waals surface area contributed by atoms with E-state index in [0.29, 0.717) is 29.3 Å². The molecule has 11 heteroatoms. The number of aliphatic hydroxyl groups is 1. The minimum absolute atomic E-state index is 0. The van der Waals surface area contributed by atoms with Crippen LogP contribution in [0.1, 0.15) is 54.7 Å². The van der Waals surface area contributed by atoms with Crippen molar-refractivity contribution < 1.29 is 14.2 Å². The van der Waals surface area contributed by atoms with Gasteiger partial charge in [0.25, 0.3) is 0 Å². The molecule has 0 saturated carbocycles. The van der Waals surface area contributed by atoms with E-state index in [-0.39, 0.29) is 25.1 Å². The first-order valence-electron chi connectivity index (χ1n) is 12.1. The van der Waals surface area contributed by atoms with Gasteiger partial charge in [0, 0.05) is 30.4 Å². The van der Waals surface area contributed by atoms with Gasteiger partial charge in [-0.05, 0) is 63.5 Å². The van der Waals surface area contributed by atoms with E-state index in [0.717, 1.165) is 54.6 Å². The van der Waals surface area contributed by atoms with E-state index >= 15 is 0 Å². The topological polar surface area (TPSA) is 113 Å². The maximum absolute atomic E-state index is 13.4. The second kappa shape index (κ2) is 11.3. The Bertz CT molecular complexity index is 1420. The molecule has 37 heavy (non-hydrogen) atoms. The number of fused-ring (bicyclic) bond motifs is 1. The van der Waals surface area contributed by atoms with Crippen LogP contribution >= 0.6 is 12.4 Å². The third kappa shape index (κ3) is 5.16. The van der Waals surface area contributed by atoms with E-state index < -0.39 is 11.9 Å². The van der Waals surface area contributed by atoms with Crippen LogP contribution in [0.25, 0.3) is 16.8 Å². The lowest BCUT2D eigenvalue weighted by molar-refractivity contribution is 0.209. The number of aliphatic hydroxyl groups excluding tert-OH is 1. The van der Waals surface area contributed by atoms with Gasteiger partial charge in [0.05, 0.1) is 29.8 Å². The molecular formula is C26H29ClFN7O2. The zero-order chi connectivity index (χ0) is 25.2. The van der Waals surface area contributed by atoms with Crippen LogP contribution in [-0.2, 0) is 6.42 Å². The minimum atomic E-state index is -0.506. The van der Waals surface area contributed by atoms with E-state index in [1.165, 1.54) is 12.3 Å². The number of ether oxygens (including phenoxy) is 1. The summed E-state index contributed by atoms with van der Waals surface area (Å²) in [7, 11) is 0. The summed E-state index contributed by atoms with van der Waals surface area (Å²) in [6, 6.07) is 9.14. The predicted molar refractivity (Wildman–Crippen MR) is 138 cm³/mol. The molecule has 1 aliphatic heterocycles. The van der Waals surface area contributed by atoms with Crippen LogP contribution in [0.4, 0.5) is 4.39 Å². The predicted octanol–water partition coefficient (Wildman–Crippen LogP) is 3.93. The van der Waals surface area contributed by atoms with Gasteiger partial charge < -0.3 is 15.2 Å². The molecule has 5 rings (SSSR count). The molecule has 1 aliphatic rings. The number of halogens is 2. The van der Waals surface area contributed by atoms with Crippen molar-refractivity contribution in [2.24, 2.45) is 0 Å². The van der Waals surface area contributed by atoms with E-state index in [1.54, 1.807) is 10.5 Å². The summed E-state index contributed by atoms with van der Waals surface area (Å²) in [5.74, 6) is -0.00602. The van der Waals surface area contributed by atoms with Gasteiger partial charge in [-0.1, -0.05) is 0 Å². The monoisotopic (exact) mass is 525 g/mol. The molecular weight excluding hydrogens is 497 g/mol. The Kier molecular flexibility index (Phi) is 8.07. The molecule has 0 amide bonds. The largest absolute Gasteiger partial charge is 0.469 e. The standard InChI is InChI=1S/C26H28FN7O2.ClH/c1-16-26(23(7-10-35)32-34(16)20-5-8-29-9-6-20)18-11-24-31-15-21(13-28)33(24)25(12-18)36-17(2)22-4-3-19(27)14-30-22;/h3-4,11-12,14-15,17,20,29,35H,5-10H2,1-2H3;1H/t17-;/m1./s1. The Balaban J connectivity index is 0.00000320. The molecule has 0 aromatic carbocycles. The Labute approximate surface area is 220 Å². The number of pyridine rings is 2. The zero-order valence-electron chi connectivity index (χ0n) is 20.7. The normalized spacial score (nSPS) is 14.8. The first kappa shape index (κ1) is 26.5. The van der Waals surface area contributed by atoms with Crippen LogP contribution in [0, 0.1) is 24.1 Å². The number of nitrogens with one attached hydrogen (secondary N) is 1. The fourth-order valence-corrected chi connectivity index (χ4v) is 4.90. The smallest absolute Gasteiger partial charge is 0.201 e. The Morgan fingerprint density at radius 2 is 2.03 bits per heavy atom. The summed E-state index contributed by atoms with van der Waals surface area (Å²) < 4.78 is 23.4. The first-order chi connectivity index (χ1) is 17.5. The highest BCUT2D eigenvalue weighted by Gasteiger charge is 2.25.